The minimum Gasteiger partial charge on any atom is -0.353 e. The van der Waals surface area contributed by atoms with Gasteiger partial charge in [0.15, 0.2) is 0 Å². The summed E-state index contributed by atoms with van der Waals surface area (Å²) in [4.78, 5) is 20.6. The minimum absolute atomic E-state index is 0.0362. The molecule has 3 aromatic carbocycles. The van der Waals surface area contributed by atoms with Crippen LogP contribution in [0.15, 0.2) is 107 Å². The van der Waals surface area contributed by atoms with Gasteiger partial charge in [-0.1, -0.05) is 35.9 Å². The van der Waals surface area contributed by atoms with Crippen LogP contribution < -0.4 is 5.32 Å². The number of aromatic amines is 1. The van der Waals surface area contributed by atoms with Crippen LogP contribution in [0.3, 0.4) is 0 Å². The summed E-state index contributed by atoms with van der Waals surface area (Å²) in [5.74, 6) is -0.0362. The van der Waals surface area contributed by atoms with Crippen LogP contribution in [0, 0.1) is 0 Å². The van der Waals surface area contributed by atoms with Gasteiger partial charge in [-0.15, -0.1) is 0 Å². The standard InChI is InChI=1S/C29H24ClN5O/c30-20-12-17-26-25(19-20)24(29(33-26)27-10-4-5-18-31-27)9-6-11-28(36)32-21-13-15-23(16-14-21)35-34-22-7-2-1-3-8-22/h1-5,7-8,10,12-19,33H,6,9,11H2,(H,32,36). The van der Waals surface area contributed by atoms with E-state index in [-0.39, 0.29) is 5.91 Å². The van der Waals surface area contributed by atoms with Gasteiger partial charge in [0.05, 0.1) is 22.8 Å². The van der Waals surface area contributed by atoms with E-state index in [0.29, 0.717) is 17.9 Å². The van der Waals surface area contributed by atoms with Gasteiger partial charge in [0, 0.05) is 34.2 Å². The third-order valence-corrected chi connectivity index (χ3v) is 6.04. The summed E-state index contributed by atoms with van der Waals surface area (Å²) < 4.78 is 0. The first-order valence-electron chi connectivity index (χ1n) is 11.7. The fraction of sp³-hybridized carbons (Fsp3) is 0.103. The molecular weight excluding hydrogens is 470 g/mol. The Balaban J connectivity index is 1.22. The molecule has 2 N–H and O–H groups in total. The van der Waals surface area contributed by atoms with Gasteiger partial charge >= 0.3 is 0 Å². The highest BCUT2D eigenvalue weighted by atomic mass is 35.5. The smallest absolute Gasteiger partial charge is 0.224 e. The van der Waals surface area contributed by atoms with Crippen molar-refractivity contribution >= 4 is 45.5 Å². The molecule has 0 saturated heterocycles. The van der Waals surface area contributed by atoms with Crippen LogP contribution in [0.4, 0.5) is 17.1 Å². The Labute approximate surface area is 214 Å². The first kappa shape index (κ1) is 23.5. The molecule has 0 aliphatic carbocycles. The Bertz CT molecular complexity index is 1500. The lowest BCUT2D eigenvalue weighted by molar-refractivity contribution is -0.116. The Kier molecular flexibility index (Phi) is 7.15. The number of fused-ring (bicyclic) bond motifs is 1. The molecule has 178 valence electrons. The molecule has 0 radical (unpaired) electrons. The first-order valence-corrected chi connectivity index (χ1v) is 12.1. The number of pyridine rings is 1. The van der Waals surface area contributed by atoms with Crippen LogP contribution in [0.5, 0.6) is 0 Å². The van der Waals surface area contributed by atoms with Crippen molar-refractivity contribution < 1.29 is 4.79 Å². The first-order chi connectivity index (χ1) is 17.7. The van der Waals surface area contributed by atoms with E-state index in [9.17, 15) is 4.79 Å². The van der Waals surface area contributed by atoms with Gasteiger partial charge in [-0.05, 0) is 85.1 Å². The molecule has 2 heterocycles. The maximum absolute atomic E-state index is 12.6. The number of amides is 1. The Hall–Kier alpha value is -4.29. The van der Waals surface area contributed by atoms with Crippen LogP contribution in [-0.4, -0.2) is 15.9 Å². The van der Waals surface area contributed by atoms with E-state index in [4.69, 9.17) is 11.6 Å². The highest BCUT2D eigenvalue weighted by Gasteiger charge is 2.15. The molecule has 1 amide bonds. The van der Waals surface area contributed by atoms with E-state index >= 15 is 0 Å². The molecule has 0 saturated carbocycles. The van der Waals surface area contributed by atoms with Crippen molar-refractivity contribution in [3.63, 3.8) is 0 Å². The number of nitrogens with zero attached hydrogens (tertiary/aromatic N) is 3. The number of hydrogen-bond acceptors (Lipinski definition) is 4. The summed E-state index contributed by atoms with van der Waals surface area (Å²) in [6.45, 7) is 0. The van der Waals surface area contributed by atoms with E-state index in [0.717, 1.165) is 51.3 Å². The SMILES string of the molecule is O=C(CCCc1c(-c2ccccn2)[nH]c2ccc(Cl)cc12)Nc1ccc(N=Nc2ccccc2)cc1. The summed E-state index contributed by atoms with van der Waals surface area (Å²) in [6.07, 6.45) is 3.58. The van der Waals surface area contributed by atoms with Crippen LogP contribution >= 0.6 is 11.6 Å². The van der Waals surface area contributed by atoms with Crippen molar-refractivity contribution in [3.8, 4) is 11.4 Å². The Morgan fingerprint density at radius 3 is 2.39 bits per heavy atom. The number of carbonyl (C=O) groups is 1. The molecule has 6 nitrogen and oxygen atoms in total. The number of nitrogens with one attached hydrogen (secondary N) is 2. The summed E-state index contributed by atoms with van der Waals surface area (Å²) in [5.41, 5.74) is 6.20. The Morgan fingerprint density at radius 2 is 1.64 bits per heavy atom. The Morgan fingerprint density at radius 1 is 0.889 bits per heavy atom. The maximum Gasteiger partial charge on any atom is 0.224 e. The molecule has 2 aromatic heterocycles. The lowest BCUT2D eigenvalue weighted by atomic mass is 10.0. The van der Waals surface area contributed by atoms with Gasteiger partial charge < -0.3 is 10.3 Å². The van der Waals surface area contributed by atoms with E-state index < -0.39 is 0 Å². The molecule has 0 unspecified atom stereocenters. The number of aromatic nitrogens is 2. The second-order valence-electron chi connectivity index (χ2n) is 8.37. The molecule has 0 fully saturated rings. The van der Waals surface area contributed by atoms with Crippen LogP contribution in [0.25, 0.3) is 22.3 Å². The highest BCUT2D eigenvalue weighted by Crippen LogP contribution is 2.32. The molecular formula is C29H24ClN5O. The predicted molar refractivity (Wildman–Crippen MR) is 145 cm³/mol. The molecule has 0 atom stereocenters. The molecule has 5 aromatic rings. The van der Waals surface area contributed by atoms with Crippen molar-refractivity contribution in [2.75, 3.05) is 5.32 Å². The predicted octanol–water partition coefficient (Wildman–Crippen LogP) is 8.26. The number of hydrogen-bond donors (Lipinski definition) is 2. The zero-order valence-corrected chi connectivity index (χ0v) is 20.2. The van der Waals surface area contributed by atoms with Crippen molar-refractivity contribution in [3.05, 3.63) is 108 Å². The van der Waals surface area contributed by atoms with Crippen molar-refractivity contribution in [2.45, 2.75) is 19.3 Å². The average molecular weight is 494 g/mol. The summed E-state index contributed by atoms with van der Waals surface area (Å²) >= 11 is 6.28. The lowest BCUT2D eigenvalue weighted by Crippen LogP contribution is -2.11. The average Bonchev–Trinajstić information content (AvgIpc) is 3.27. The number of halogens is 1. The van der Waals surface area contributed by atoms with E-state index in [1.807, 2.05) is 91.0 Å². The van der Waals surface area contributed by atoms with Crippen LogP contribution in [0.1, 0.15) is 18.4 Å². The molecule has 0 spiro atoms. The second kappa shape index (κ2) is 11.0. The van der Waals surface area contributed by atoms with E-state index in [2.05, 4.69) is 25.5 Å². The minimum atomic E-state index is -0.0362. The fourth-order valence-electron chi connectivity index (χ4n) is 4.08. The molecule has 0 aliphatic heterocycles. The van der Waals surface area contributed by atoms with Crippen LogP contribution in [0.2, 0.25) is 5.02 Å². The zero-order chi connectivity index (χ0) is 24.7. The molecule has 36 heavy (non-hydrogen) atoms. The topological polar surface area (TPSA) is 82.5 Å². The van der Waals surface area contributed by atoms with Crippen molar-refractivity contribution in [1.29, 1.82) is 0 Å². The third kappa shape index (κ3) is 5.67. The summed E-state index contributed by atoms with van der Waals surface area (Å²) in [6, 6.07) is 28.5. The normalized spacial score (nSPS) is 11.2. The number of aryl methyl sites for hydroxylation is 1. The summed E-state index contributed by atoms with van der Waals surface area (Å²) in [7, 11) is 0. The lowest BCUT2D eigenvalue weighted by Gasteiger charge is -2.07. The number of carbonyl (C=O) groups excluding carboxylic acids is 1. The highest BCUT2D eigenvalue weighted by molar-refractivity contribution is 6.31. The van der Waals surface area contributed by atoms with E-state index in [1.165, 1.54) is 0 Å². The number of benzene rings is 3. The number of H-pyrrole nitrogens is 1. The molecule has 5 rings (SSSR count). The molecule has 7 heteroatoms. The van der Waals surface area contributed by atoms with Gasteiger partial charge in [-0.25, -0.2) is 0 Å². The third-order valence-electron chi connectivity index (χ3n) is 5.81. The second-order valence-corrected chi connectivity index (χ2v) is 8.80. The summed E-state index contributed by atoms with van der Waals surface area (Å²) in [5, 5.41) is 13.1. The van der Waals surface area contributed by atoms with Crippen LogP contribution in [-0.2, 0) is 11.2 Å². The molecule has 0 aliphatic rings. The largest absolute Gasteiger partial charge is 0.353 e. The quantitative estimate of drug-likeness (QED) is 0.213. The molecule has 0 bridgehead atoms. The van der Waals surface area contributed by atoms with Crippen molar-refractivity contribution in [2.24, 2.45) is 10.2 Å². The van der Waals surface area contributed by atoms with Crippen molar-refractivity contribution in [1.82, 2.24) is 9.97 Å². The van der Waals surface area contributed by atoms with Gasteiger partial charge in [0.2, 0.25) is 5.91 Å². The van der Waals surface area contributed by atoms with E-state index in [1.54, 1.807) is 6.20 Å². The fourth-order valence-corrected chi connectivity index (χ4v) is 4.25. The van der Waals surface area contributed by atoms with Gasteiger partial charge in [-0.2, -0.15) is 10.2 Å². The maximum atomic E-state index is 12.6. The number of rotatable bonds is 8. The van der Waals surface area contributed by atoms with Gasteiger partial charge in [0.1, 0.15) is 0 Å². The number of azo groups is 1. The number of anilines is 1. The van der Waals surface area contributed by atoms with Gasteiger partial charge in [0.25, 0.3) is 0 Å². The monoisotopic (exact) mass is 493 g/mol. The van der Waals surface area contributed by atoms with Gasteiger partial charge in [-0.3, -0.25) is 9.78 Å². The zero-order valence-electron chi connectivity index (χ0n) is 19.5.